The molecule has 2 aromatic heterocycles. The van der Waals surface area contributed by atoms with Crippen LogP contribution < -0.4 is 16.0 Å². The smallest absolute Gasteiger partial charge is 0.225 e. The number of nitrogens with one attached hydrogen (secondary N) is 3. The van der Waals surface area contributed by atoms with Crippen LogP contribution in [0.1, 0.15) is 36.2 Å². The molecule has 1 aliphatic heterocycles. The van der Waals surface area contributed by atoms with Crippen LogP contribution in [0.4, 0.5) is 5.69 Å². The summed E-state index contributed by atoms with van der Waals surface area (Å²) in [6, 6.07) is 14.0. The summed E-state index contributed by atoms with van der Waals surface area (Å²) < 4.78 is 2.07. The number of carbonyl (C=O) groups is 1. The van der Waals surface area contributed by atoms with E-state index in [0.29, 0.717) is 19.5 Å². The van der Waals surface area contributed by atoms with Crippen LogP contribution in [0.5, 0.6) is 0 Å². The van der Waals surface area contributed by atoms with E-state index in [2.05, 4.69) is 49.4 Å². The number of carbonyl (C=O) groups excluding carboxylic acids is 1. The molecule has 3 N–H and O–H groups in total. The number of imidazole rings is 1. The Morgan fingerprint density at radius 2 is 2.10 bits per heavy atom. The number of para-hydroxylation sites is 1. The van der Waals surface area contributed by atoms with Crippen molar-refractivity contribution in [3.8, 4) is 0 Å². The molecule has 0 bridgehead atoms. The Hall–Kier alpha value is -3.35. The number of aliphatic imine (C=N–C) groups is 1. The summed E-state index contributed by atoms with van der Waals surface area (Å²) in [5.41, 5.74) is 5.05. The van der Waals surface area contributed by atoms with Crippen molar-refractivity contribution in [3.05, 3.63) is 65.6 Å². The van der Waals surface area contributed by atoms with Crippen LogP contribution in [0.25, 0.3) is 5.65 Å². The van der Waals surface area contributed by atoms with Gasteiger partial charge in [0.2, 0.25) is 5.91 Å². The zero-order chi connectivity index (χ0) is 20.2. The molecule has 1 aromatic carbocycles. The third-order valence-electron chi connectivity index (χ3n) is 5.11. The van der Waals surface area contributed by atoms with Crippen molar-refractivity contribution in [2.24, 2.45) is 4.99 Å². The van der Waals surface area contributed by atoms with E-state index in [1.807, 2.05) is 43.5 Å². The number of benzene rings is 1. The highest BCUT2D eigenvalue weighted by molar-refractivity contribution is 5.94. The highest BCUT2D eigenvalue weighted by atomic mass is 16.1. The lowest BCUT2D eigenvalue weighted by molar-refractivity contribution is -0.116. The van der Waals surface area contributed by atoms with Gasteiger partial charge in [-0.25, -0.2) is 9.98 Å². The molecule has 29 heavy (non-hydrogen) atoms. The highest BCUT2D eigenvalue weighted by Crippen LogP contribution is 2.31. The number of guanidine groups is 1. The first-order valence-corrected chi connectivity index (χ1v) is 9.98. The predicted molar refractivity (Wildman–Crippen MR) is 115 cm³/mol. The van der Waals surface area contributed by atoms with Gasteiger partial charge in [0, 0.05) is 43.0 Å². The fourth-order valence-electron chi connectivity index (χ4n) is 3.68. The second-order valence-corrected chi connectivity index (χ2v) is 7.24. The minimum absolute atomic E-state index is 0.0532. The average Bonchev–Trinajstić information content (AvgIpc) is 3.14. The second-order valence-electron chi connectivity index (χ2n) is 7.24. The van der Waals surface area contributed by atoms with E-state index in [1.165, 1.54) is 0 Å². The molecule has 3 heterocycles. The molecular weight excluding hydrogens is 364 g/mol. The van der Waals surface area contributed by atoms with Crippen molar-refractivity contribution in [1.29, 1.82) is 0 Å². The van der Waals surface area contributed by atoms with Crippen molar-refractivity contribution in [3.63, 3.8) is 0 Å². The lowest BCUT2D eigenvalue weighted by Crippen LogP contribution is -2.40. The van der Waals surface area contributed by atoms with Crippen LogP contribution in [0.3, 0.4) is 0 Å². The number of fused-ring (bicyclic) bond motifs is 2. The van der Waals surface area contributed by atoms with Crippen LogP contribution in [-0.4, -0.2) is 34.3 Å². The lowest BCUT2D eigenvalue weighted by atomic mass is 9.90. The molecule has 3 aromatic rings. The topological polar surface area (TPSA) is 82.8 Å². The fraction of sp³-hybridized carbons (Fsp3) is 0.318. The minimum atomic E-state index is 0.0532. The van der Waals surface area contributed by atoms with Gasteiger partial charge in [-0.3, -0.25) is 4.79 Å². The molecule has 0 radical (unpaired) electrons. The van der Waals surface area contributed by atoms with E-state index in [4.69, 9.17) is 0 Å². The van der Waals surface area contributed by atoms with Crippen LogP contribution in [-0.2, 0) is 11.3 Å². The number of anilines is 1. The average molecular weight is 390 g/mol. The van der Waals surface area contributed by atoms with Gasteiger partial charge in [-0.2, -0.15) is 0 Å². The van der Waals surface area contributed by atoms with Gasteiger partial charge in [0.05, 0.1) is 12.2 Å². The molecule has 4 rings (SSSR count). The second kappa shape index (κ2) is 8.34. The zero-order valence-corrected chi connectivity index (χ0v) is 16.8. The first-order valence-electron chi connectivity index (χ1n) is 9.98. The summed E-state index contributed by atoms with van der Waals surface area (Å²) in [6.07, 6.45) is 2.49. The van der Waals surface area contributed by atoms with E-state index < -0.39 is 0 Å². The maximum absolute atomic E-state index is 12.0. The Labute approximate surface area is 170 Å². The lowest BCUT2D eigenvalue weighted by Gasteiger charge is -2.26. The molecule has 0 spiro atoms. The monoisotopic (exact) mass is 390 g/mol. The van der Waals surface area contributed by atoms with Gasteiger partial charge < -0.3 is 20.4 Å². The van der Waals surface area contributed by atoms with Crippen molar-refractivity contribution in [2.75, 3.05) is 18.4 Å². The van der Waals surface area contributed by atoms with E-state index in [9.17, 15) is 4.79 Å². The third-order valence-corrected chi connectivity index (χ3v) is 5.11. The molecular formula is C22H26N6O. The van der Waals surface area contributed by atoms with Crippen LogP contribution in [0.15, 0.2) is 53.7 Å². The van der Waals surface area contributed by atoms with E-state index in [-0.39, 0.29) is 11.8 Å². The van der Waals surface area contributed by atoms with Gasteiger partial charge in [-0.05, 0) is 37.6 Å². The number of hydrogen-bond acceptors (Lipinski definition) is 3. The Balaban J connectivity index is 1.46. The molecule has 7 heteroatoms. The first-order chi connectivity index (χ1) is 14.1. The number of rotatable bonds is 5. The molecule has 1 unspecified atom stereocenters. The quantitative estimate of drug-likeness (QED) is 0.462. The Kier molecular flexibility index (Phi) is 5.46. The Morgan fingerprint density at radius 1 is 1.24 bits per heavy atom. The van der Waals surface area contributed by atoms with Crippen LogP contribution in [0, 0.1) is 6.92 Å². The molecule has 1 aliphatic rings. The summed E-state index contributed by atoms with van der Waals surface area (Å²) in [7, 11) is 0. The first kappa shape index (κ1) is 19.0. The van der Waals surface area contributed by atoms with Gasteiger partial charge >= 0.3 is 0 Å². The Bertz CT molecular complexity index is 1050. The Morgan fingerprint density at radius 3 is 2.93 bits per heavy atom. The summed E-state index contributed by atoms with van der Waals surface area (Å²) in [4.78, 5) is 21.4. The summed E-state index contributed by atoms with van der Waals surface area (Å²) in [5.74, 6) is 0.893. The molecule has 1 amide bonds. The summed E-state index contributed by atoms with van der Waals surface area (Å²) in [6.45, 7) is 5.98. The van der Waals surface area contributed by atoms with Crippen LogP contribution >= 0.6 is 0 Å². The molecule has 0 aliphatic carbocycles. The van der Waals surface area contributed by atoms with Gasteiger partial charge in [0.15, 0.2) is 5.96 Å². The molecule has 0 saturated heterocycles. The van der Waals surface area contributed by atoms with Gasteiger partial charge in [-0.15, -0.1) is 0 Å². The van der Waals surface area contributed by atoms with E-state index in [1.54, 1.807) is 0 Å². The predicted octanol–water partition coefficient (Wildman–Crippen LogP) is 2.82. The molecule has 7 nitrogen and oxygen atoms in total. The largest absolute Gasteiger partial charge is 0.357 e. The number of pyridine rings is 1. The van der Waals surface area contributed by atoms with Crippen LogP contribution in [0.2, 0.25) is 0 Å². The van der Waals surface area contributed by atoms with Crippen molar-refractivity contribution >= 4 is 23.2 Å². The number of hydrogen-bond donors (Lipinski definition) is 3. The number of aryl methyl sites for hydroxylation is 1. The third kappa shape index (κ3) is 4.23. The number of nitrogens with zero attached hydrogens (tertiary/aromatic N) is 3. The van der Waals surface area contributed by atoms with E-state index >= 15 is 0 Å². The van der Waals surface area contributed by atoms with Gasteiger partial charge in [0.1, 0.15) is 5.65 Å². The number of aromatic nitrogens is 2. The fourth-order valence-corrected chi connectivity index (χ4v) is 3.68. The molecule has 150 valence electrons. The summed E-state index contributed by atoms with van der Waals surface area (Å²) in [5, 5.41) is 9.61. The SMILES string of the molecule is CCNC(=NCc1cn2c(C)cccc2n1)NCC1CC(=O)Nc2ccccc21. The highest BCUT2D eigenvalue weighted by Gasteiger charge is 2.24. The standard InChI is InChI=1S/C22H26N6O/c1-3-23-22(25-13-17-14-28-15(2)7-6-10-20(28)26-17)24-12-16-11-21(29)27-19-9-5-4-8-18(16)19/h4-10,14,16H,3,11-13H2,1-2H3,(H,27,29)(H2,23,24,25). The molecule has 0 fully saturated rings. The maximum Gasteiger partial charge on any atom is 0.225 e. The van der Waals surface area contributed by atoms with E-state index in [0.717, 1.165) is 40.8 Å². The van der Waals surface area contributed by atoms with Gasteiger partial charge in [-0.1, -0.05) is 24.3 Å². The van der Waals surface area contributed by atoms with Gasteiger partial charge in [0.25, 0.3) is 0 Å². The maximum atomic E-state index is 12.0. The zero-order valence-electron chi connectivity index (χ0n) is 16.8. The number of amides is 1. The molecule has 1 atom stereocenters. The van der Waals surface area contributed by atoms with Crippen molar-refractivity contribution < 1.29 is 4.79 Å². The minimum Gasteiger partial charge on any atom is -0.357 e. The normalized spacial score (nSPS) is 16.4. The summed E-state index contributed by atoms with van der Waals surface area (Å²) >= 11 is 0. The van der Waals surface area contributed by atoms with Crippen molar-refractivity contribution in [1.82, 2.24) is 20.0 Å². The van der Waals surface area contributed by atoms with Crippen molar-refractivity contribution in [2.45, 2.75) is 32.7 Å². The molecule has 0 saturated carbocycles.